The summed E-state index contributed by atoms with van der Waals surface area (Å²) in [6.45, 7) is 6.26. The lowest BCUT2D eigenvalue weighted by Gasteiger charge is -2.36. The van der Waals surface area contributed by atoms with E-state index in [-0.39, 0.29) is 22.8 Å². The fourth-order valence-electron chi connectivity index (χ4n) is 3.86. The van der Waals surface area contributed by atoms with E-state index in [9.17, 15) is 18.0 Å². The van der Waals surface area contributed by atoms with Gasteiger partial charge in [-0.15, -0.1) is 0 Å². The minimum Gasteiger partial charge on any atom is -0.375 e. The molecule has 3 heterocycles. The van der Waals surface area contributed by atoms with Crippen molar-refractivity contribution in [3.05, 3.63) is 51.1 Å². The molecule has 2 atom stereocenters. The fourth-order valence-corrected chi connectivity index (χ4v) is 4.98. The average Bonchev–Trinajstić information content (AvgIpc) is 2.95. The number of rotatable bonds is 2. The van der Waals surface area contributed by atoms with Crippen LogP contribution in [0, 0.1) is 17.5 Å². The van der Waals surface area contributed by atoms with Crippen molar-refractivity contribution < 1.29 is 17.9 Å². The third-order valence-electron chi connectivity index (χ3n) is 5.13. The molecule has 0 amide bonds. The van der Waals surface area contributed by atoms with Crippen LogP contribution < -0.4 is 5.56 Å². The first-order valence-electron chi connectivity index (χ1n) is 9.01. The highest BCUT2D eigenvalue weighted by atomic mass is 32.2. The van der Waals surface area contributed by atoms with Crippen LogP contribution in [0.4, 0.5) is 19.0 Å². The minimum atomic E-state index is -1.54. The summed E-state index contributed by atoms with van der Waals surface area (Å²) < 4.78 is 49.1. The standard InChI is InChI=1S/C19H20F3N3O2S/c1-9-23-17-13(16(28-9)11-4-5-12(20)15(22)14(11)21)18(26)24-25(17)10-6-7-27-19(2,3)8-10/h4-5,10,16H,6-8H2,1-3H3,(H,24,26)/t10-,16+/m1/s1. The second-order valence-corrected chi connectivity index (χ2v) is 8.99. The average molecular weight is 411 g/mol. The molecule has 0 spiro atoms. The second-order valence-electron chi connectivity index (χ2n) is 7.70. The van der Waals surface area contributed by atoms with Crippen molar-refractivity contribution in [1.29, 1.82) is 0 Å². The van der Waals surface area contributed by atoms with Gasteiger partial charge in [-0.25, -0.2) is 18.2 Å². The van der Waals surface area contributed by atoms with Crippen LogP contribution in [0.1, 0.15) is 56.0 Å². The number of aromatic nitrogens is 2. The molecule has 0 saturated carbocycles. The van der Waals surface area contributed by atoms with Gasteiger partial charge in [0.05, 0.1) is 27.5 Å². The summed E-state index contributed by atoms with van der Waals surface area (Å²) in [5, 5.41) is 2.63. The monoisotopic (exact) mass is 411 g/mol. The lowest BCUT2D eigenvalue weighted by atomic mass is 9.94. The molecule has 150 valence electrons. The molecule has 1 aromatic heterocycles. The number of H-pyrrole nitrogens is 1. The zero-order valence-corrected chi connectivity index (χ0v) is 16.5. The van der Waals surface area contributed by atoms with Gasteiger partial charge in [0.15, 0.2) is 23.3 Å². The number of hydrogen-bond donors (Lipinski definition) is 1. The van der Waals surface area contributed by atoms with Crippen molar-refractivity contribution in [2.75, 3.05) is 6.61 Å². The maximum Gasteiger partial charge on any atom is 0.271 e. The van der Waals surface area contributed by atoms with Crippen LogP contribution >= 0.6 is 11.8 Å². The van der Waals surface area contributed by atoms with Gasteiger partial charge in [0, 0.05) is 12.2 Å². The first-order valence-corrected chi connectivity index (χ1v) is 9.89. The van der Waals surface area contributed by atoms with Gasteiger partial charge in [0.1, 0.15) is 0 Å². The van der Waals surface area contributed by atoms with E-state index in [2.05, 4.69) is 10.1 Å². The third-order valence-corrected chi connectivity index (χ3v) is 6.29. The predicted molar refractivity (Wildman–Crippen MR) is 102 cm³/mol. The number of nitrogens with zero attached hydrogens (tertiary/aromatic N) is 2. The van der Waals surface area contributed by atoms with Crippen molar-refractivity contribution in [1.82, 2.24) is 9.78 Å². The molecule has 1 N–H and O–H groups in total. The Morgan fingerprint density at radius 2 is 2.04 bits per heavy atom. The summed E-state index contributed by atoms with van der Waals surface area (Å²) in [5.74, 6) is -3.67. The van der Waals surface area contributed by atoms with Crippen LogP contribution in [0.2, 0.25) is 0 Å². The van der Waals surface area contributed by atoms with Crippen molar-refractivity contribution >= 4 is 22.6 Å². The Morgan fingerprint density at radius 3 is 2.75 bits per heavy atom. The van der Waals surface area contributed by atoms with Crippen LogP contribution in [0.3, 0.4) is 0 Å². The molecule has 28 heavy (non-hydrogen) atoms. The van der Waals surface area contributed by atoms with E-state index >= 15 is 0 Å². The van der Waals surface area contributed by atoms with E-state index in [1.807, 2.05) is 13.8 Å². The fraction of sp³-hybridized carbons (Fsp3) is 0.474. The first-order chi connectivity index (χ1) is 13.2. The number of nitrogens with one attached hydrogen (secondary N) is 1. The van der Waals surface area contributed by atoms with Gasteiger partial charge in [-0.2, -0.15) is 0 Å². The maximum absolute atomic E-state index is 14.5. The number of aromatic amines is 1. The molecule has 0 unspecified atom stereocenters. The highest BCUT2D eigenvalue weighted by Gasteiger charge is 2.37. The summed E-state index contributed by atoms with van der Waals surface area (Å²) >= 11 is 1.15. The maximum atomic E-state index is 14.5. The van der Waals surface area contributed by atoms with Crippen molar-refractivity contribution in [2.45, 2.75) is 50.5 Å². The molecular formula is C19H20F3N3O2S. The molecule has 0 bridgehead atoms. The molecule has 0 aliphatic carbocycles. The zero-order chi connectivity index (χ0) is 20.2. The summed E-state index contributed by atoms with van der Waals surface area (Å²) in [4.78, 5) is 17.3. The van der Waals surface area contributed by atoms with Gasteiger partial charge < -0.3 is 4.74 Å². The topological polar surface area (TPSA) is 59.4 Å². The highest BCUT2D eigenvalue weighted by molar-refractivity contribution is 8.14. The van der Waals surface area contributed by atoms with E-state index in [1.54, 1.807) is 11.6 Å². The molecule has 5 nitrogen and oxygen atoms in total. The second kappa shape index (κ2) is 6.81. The van der Waals surface area contributed by atoms with E-state index in [0.29, 0.717) is 30.3 Å². The van der Waals surface area contributed by atoms with Gasteiger partial charge in [-0.1, -0.05) is 17.8 Å². The highest BCUT2D eigenvalue weighted by Crippen LogP contribution is 2.46. The predicted octanol–water partition coefficient (Wildman–Crippen LogP) is 4.61. The molecule has 4 rings (SSSR count). The summed E-state index contributed by atoms with van der Waals surface area (Å²) in [6.07, 6.45) is 1.38. The number of ether oxygens (including phenoxy) is 1. The largest absolute Gasteiger partial charge is 0.375 e. The normalized spacial score (nSPS) is 24.0. The van der Waals surface area contributed by atoms with E-state index in [4.69, 9.17) is 4.74 Å². The smallest absolute Gasteiger partial charge is 0.271 e. The Bertz CT molecular complexity index is 1030. The van der Waals surface area contributed by atoms with Crippen LogP contribution in [0.15, 0.2) is 21.9 Å². The van der Waals surface area contributed by atoms with E-state index in [0.717, 1.165) is 17.8 Å². The Labute approximate surface area is 164 Å². The van der Waals surface area contributed by atoms with Crippen molar-refractivity contribution in [2.24, 2.45) is 4.99 Å². The summed E-state index contributed by atoms with van der Waals surface area (Å²) in [6, 6.07) is 2.03. The molecule has 2 aliphatic heterocycles. The SMILES string of the molecule is CC1=Nc2c(c(=O)[nH]n2[C@@H]2CCOC(C)(C)C2)[C@H](c2ccc(F)c(F)c2F)S1. The molecule has 2 aromatic rings. The minimum absolute atomic E-state index is 0.0321. The van der Waals surface area contributed by atoms with Crippen molar-refractivity contribution in [3.63, 3.8) is 0 Å². The third kappa shape index (κ3) is 3.20. The molecule has 1 fully saturated rings. The number of hydrogen-bond acceptors (Lipinski definition) is 4. The molecule has 1 saturated heterocycles. The number of benzene rings is 1. The molecule has 9 heteroatoms. The summed E-state index contributed by atoms with van der Waals surface area (Å²) in [7, 11) is 0. The Morgan fingerprint density at radius 1 is 1.29 bits per heavy atom. The Hall–Kier alpha value is -2.00. The van der Waals surface area contributed by atoms with E-state index < -0.39 is 28.3 Å². The molecule has 1 aromatic carbocycles. The number of thioether (sulfide) groups is 1. The van der Waals surface area contributed by atoms with Crippen LogP contribution in [0.5, 0.6) is 0 Å². The lowest BCUT2D eigenvalue weighted by Crippen LogP contribution is -2.35. The lowest BCUT2D eigenvalue weighted by molar-refractivity contribution is -0.0705. The molecule has 2 aliphatic rings. The van der Waals surface area contributed by atoms with Gasteiger partial charge >= 0.3 is 0 Å². The van der Waals surface area contributed by atoms with Gasteiger partial charge in [0.2, 0.25) is 0 Å². The van der Waals surface area contributed by atoms with Gasteiger partial charge in [0.25, 0.3) is 5.56 Å². The number of fused-ring (bicyclic) bond motifs is 1. The van der Waals surface area contributed by atoms with Crippen LogP contribution in [-0.2, 0) is 4.74 Å². The Kier molecular flexibility index (Phi) is 4.70. The first kappa shape index (κ1) is 19.3. The molecule has 0 radical (unpaired) electrons. The zero-order valence-electron chi connectivity index (χ0n) is 15.7. The van der Waals surface area contributed by atoms with Crippen LogP contribution in [0.25, 0.3) is 0 Å². The summed E-state index contributed by atoms with van der Waals surface area (Å²) in [5.41, 5.74) is -0.568. The number of aliphatic imine (C=N–C) groups is 1. The Balaban J connectivity index is 1.83. The van der Waals surface area contributed by atoms with Crippen molar-refractivity contribution in [3.8, 4) is 0 Å². The quantitative estimate of drug-likeness (QED) is 0.735. The number of halogens is 3. The van der Waals surface area contributed by atoms with E-state index in [1.165, 1.54) is 6.07 Å². The van der Waals surface area contributed by atoms with Gasteiger partial charge in [-0.05, 0) is 39.7 Å². The van der Waals surface area contributed by atoms with Crippen LogP contribution in [-0.4, -0.2) is 27.0 Å². The van der Waals surface area contributed by atoms with Gasteiger partial charge in [-0.3, -0.25) is 14.6 Å². The molecular weight excluding hydrogens is 391 g/mol.